The van der Waals surface area contributed by atoms with Crippen LogP contribution in [0.2, 0.25) is 0 Å². The van der Waals surface area contributed by atoms with Crippen LogP contribution in [0.4, 0.5) is 0 Å². The number of unbranched alkanes of at least 4 members (excludes halogenated alkanes) is 1. The summed E-state index contributed by atoms with van der Waals surface area (Å²) in [6.45, 7) is 18.6. The number of aryl methyl sites for hydroxylation is 6. The van der Waals surface area contributed by atoms with Gasteiger partial charge in [0.2, 0.25) is 0 Å². The number of fused-ring (bicyclic) bond motifs is 3. The van der Waals surface area contributed by atoms with Gasteiger partial charge in [0.05, 0.1) is 17.0 Å². The Morgan fingerprint density at radius 3 is 2.17 bits per heavy atom. The minimum atomic E-state index is 0.460. The molecule has 0 saturated heterocycles. The molecule has 0 fully saturated rings. The van der Waals surface area contributed by atoms with Crippen molar-refractivity contribution in [3.05, 3.63) is 52.0 Å². The normalized spacial score (nSPS) is 12.0. The SMILES string of the molecule is CCCCn1c(C(C)C)cc2c(C)nc3c(-c4c(C)cc(C)cc4C)c(C)nn3c21. The van der Waals surface area contributed by atoms with Crippen LogP contribution in [-0.2, 0) is 6.54 Å². The van der Waals surface area contributed by atoms with Gasteiger partial charge >= 0.3 is 0 Å². The minimum Gasteiger partial charge on any atom is -0.329 e. The van der Waals surface area contributed by atoms with E-state index in [1.807, 2.05) is 0 Å². The lowest BCUT2D eigenvalue weighted by Crippen LogP contribution is -2.08. The van der Waals surface area contributed by atoms with Crippen molar-refractivity contribution in [3.63, 3.8) is 0 Å². The summed E-state index contributed by atoms with van der Waals surface area (Å²) in [7, 11) is 0. The summed E-state index contributed by atoms with van der Waals surface area (Å²) < 4.78 is 4.59. The molecule has 3 aromatic heterocycles. The Hall–Kier alpha value is -2.62. The summed E-state index contributed by atoms with van der Waals surface area (Å²) in [6.07, 6.45) is 2.34. The van der Waals surface area contributed by atoms with Crippen LogP contribution in [0.3, 0.4) is 0 Å². The van der Waals surface area contributed by atoms with Crippen LogP contribution in [-0.4, -0.2) is 19.2 Å². The quantitative estimate of drug-likeness (QED) is 0.367. The Bertz CT molecular complexity index is 1230. The molecule has 0 unspecified atom stereocenters. The van der Waals surface area contributed by atoms with Gasteiger partial charge in [-0.15, -0.1) is 0 Å². The van der Waals surface area contributed by atoms with Crippen molar-refractivity contribution in [2.75, 3.05) is 0 Å². The Kier molecular flexibility index (Phi) is 5.21. The molecule has 0 atom stereocenters. The lowest BCUT2D eigenvalue weighted by molar-refractivity contribution is 0.599. The fourth-order valence-electron chi connectivity index (χ4n) is 4.93. The molecular formula is C26H34N4. The van der Waals surface area contributed by atoms with Crippen LogP contribution < -0.4 is 0 Å². The molecular weight excluding hydrogens is 368 g/mol. The lowest BCUT2D eigenvalue weighted by atomic mass is 9.94. The first-order valence-corrected chi connectivity index (χ1v) is 11.2. The molecule has 0 saturated carbocycles. The predicted octanol–water partition coefficient (Wildman–Crippen LogP) is 6.82. The summed E-state index contributed by atoms with van der Waals surface area (Å²) in [5.41, 5.74) is 12.0. The van der Waals surface area contributed by atoms with Gasteiger partial charge in [-0.1, -0.05) is 44.9 Å². The van der Waals surface area contributed by atoms with E-state index in [1.165, 1.54) is 51.0 Å². The number of rotatable bonds is 5. The number of hydrogen-bond acceptors (Lipinski definition) is 2. The highest BCUT2D eigenvalue weighted by molar-refractivity contribution is 5.90. The van der Waals surface area contributed by atoms with Crippen LogP contribution in [0.15, 0.2) is 18.2 Å². The summed E-state index contributed by atoms with van der Waals surface area (Å²) in [6, 6.07) is 6.85. The van der Waals surface area contributed by atoms with E-state index in [0.29, 0.717) is 5.92 Å². The first kappa shape index (κ1) is 20.6. The minimum absolute atomic E-state index is 0.460. The van der Waals surface area contributed by atoms with Crippen molar-refractivity contribution in [2.24, 2.45) is 0 Å². The molecule has 30 heavy (non-hydrogen) atoms. The van der Waals surface area contributed by atoms with E-state index in [0.717, 1.165) is 30.0 Å². The lowest BCUT2D eigenvalue weighted by Gasteiger charge is -2.14. The second-order valence-electron chi connectivity index (χ2n) is 9.13. The van der Waals surface area contributed by atoms with E-state index in [-0.39, 0.29) is 0 Å². The second-order valence-corrected chi connectivity index (χ2v) is 9.13. The third kappa shape index (κ3) is 3.13. The predicted molar refractivity (Wildman–Crippen MR) is 127 cm³/mol. The molecule has 158 valence electrons. The molecule has 0 spiro atoms. The number of aromatic nitrogens is 4. The highest BCUT2D eigenvalue weighted by atomic mass is 15.3. The van der Waals surface area contributed by atoms with E-state index in [1.54, 1.807) is 0 Å². The van der Waals surface area contributed by atoms with Crippen LogP contribution in [0, 0.1) is 34.6 Å². The van der Waals surface area contributed by atoms with E-state index >= 15 is 0 Å². The van der Waals surface area contributed by atoms with Crippen molar-refractivity contribution in [2.45, 2.75) is 80.7 Å². The Morgan fingerprint density at radius 2 is 1.57 bits per heavy atom. The molecule has 0 aliphatic rings. The highest BCUT2D eigenvalue weighted by Gasteiger charge is 2.23. The van der Waals surface area contributed by atoms with Crippen molar-refractivity contribution in [1.82, 2.24) is 19.2 Å². The molecule has 0 N–H and O–H groups in total. The van der Waals surface area contributed by atoms with Gasteiger partial charge < -0.3 is 4.57 Å². The zero-order valence-electron chi connectivity index (χ0n) is 19.7. The van der Waals surface area contributed by atoms with Crippen molar-refractivity contribution >= 4 is 16.7 Å². The van der Waals surface area contributed by atoms with E-state index in [4.69, 9.17) is 10.1 Å². The van der Waals surface area contributed by atoms with Crippen LogP contribution >= 0.6 is 0 Å². The molecule has 0 radical (unpaired) electrons. The average molecular weight is 403 g/mol. The first-order valence-electron chi connectivity index (χ1n) is 11.2. The largest absolute Gasteiger partial charge is 0.329 e. The summed E-state index contributed by atoms with van der Waals surface area (Å²) in [5, 5.41) is 6.25. The smallest absolute Gasteiger partial charge is 0.165 e. The number of nitrogens with zero attached hydrogens (tertiary/aromatic N) is 4. The van der Waals surface area contributed by atoms with Gasteiger partial charge in [0.15, 0.2) is 5.65 Å². The van der Waals surface area contributed by atoms with Gasteiger partial charge in [0.25, 0.3) is 0 Å². The van der Waals surface area contributed by atoms with Crippen molar-refractivity contribution < 1.29 is 0 Å². The second kappa shape index (κ2) is 7.57. The van der Waals surface area contributed by atoms with Crippen molar-refractivity contribution in [1.29, 1.82) is 0 Å². The van der Waals surface area contributed by atoms with Gasteiger partial charge in [-0.3, -0.25) is 0 Å². The zero-order chi connectivity index (χ0) is 21.7. The fraction of sp³-hybridized carbons (Fsp3) is 0.462. The van der Waals surface area contributed by atoms with Gasteiger partial charge in [0.1, 0.15) is 5.65 Å². The van der Waals surface area contributed by atoms with E-state index in [2.05, 4.69) is 82.7 Å². The maximum absolute atomic E-state index is 5.09. The van der Waals surface area contributed by atoms with Crippen LogP contribution in [0.5, 0.6) is 0 Å². The summed E-state index contributed by atoms with van der Waals surface area (Å²) in [5.74, 6) is 0.460. The van der Waals surface area contributed by atoms with Gasteiger partial charge in [-0.2, -0.15) is 9.61 Å². The first-order chi connectivity index (χ1) is 14.2. The Morgan fingerprint density at radius 1 is 0.900 bits per heavy atom. The summed E-state index contributed by atoms with van der Waals surface area (Å²) >= 11 is 0. The third-order valence-corrected chi connectivity index (χ3v) is 6.25. The molecule has 0 aliphatic carbocycles. The molecule has 0 amide bonds. The van der Waals surface area contributed by atoms with E-state index in [9.17, 15) is 0 Å². The highest BCUT2D eigenvalue weighted by Crippen LogP contribution is 2.36. The van der Waals surface area contributed by atoms with Crippen LogP contribution in [0.1, 0.15) is 73.3 Å². The topological polar surface area (TPSA) is 35.1 Å². The monoisotopic (exact) mass is 402 g/mol. The van der Waals surface area contributed by atoms with Crippen LogP contribution in [0.25, 0.3) is 27.8 Å². The third-order valence-electron chi connectivity index (χ3n) is 6.25. The fourth-order valence-corrected chi connectivity index (χ4v) is 4.93. The molecule has 3 heterocycles. The Labute approximate surface area is 179 Å². The molecule has 0 aliphatic heterocycles. The molecule has 4 nitrogen and oxygen atoms in total. The van der Waals surface area contributed by atoms with Gasteiger partial charge in [0, 0.05) is 17.6 Å². The molecule has 4 heteroatoms. The van der Waals surface area contributed by atoms with E-state index < -0.39 is 0 Å². The van der Waals surface area contributed by atoms with Crippen molar-refractivity contribution in [3.8, 4) is 11.1 Å². The van der Waals surface area contributed by atoms with Gasteiger partial charge in [-0.05, 0) is 69.7 Å². The molecule has 1 aromatic carbocycles. The Balaban J connectivity index is 2.12. The maximum atomic E-state index is 5.09. The zero-order valence-corrected chi connectivity index (χ0v) is 19.7. The summed E-state index contributed by atoms with van der Waals surface area (Å²) in [4.78, 5) is 5.09. The molecule has 4 rings (SSSR count). The molecule has 0 bridgehead atoms. The number of benzene rings is 1. The maximum Gasteiger partial charge on any atom is 0.165 e. The van der Waals surface area contributed by atoms with Gasteiger partial charge in [-0.25, -0.2) is 4.98 Å². The standard InChI is InChI=1S/C26H34N4/c1-9-10-11-29-22(15(2)3)14-21-19(7)27-25-24(20(8)28-30(25)26(21)29)23-17(5)12-16(4)13-18(23)6/h12-15H,9-11H2,1-8H3. The average Bonchev–Trinajstić information content (AvgIpc) is 3.19. The molecule has 4 aromatic rings. The number of hydrogen-bond donors (Lipinski definition) is 0.